The van der Waals surface area contributed by atoms with Crippen LogP contribution in [0.4, 0.5) is 5.69 Å². The van der Waals surface area contributed by atoms with Crippen molar-refractivity contribution >= 4 is 17.5 Å². The van der Waals surface area contributed by atoms with Crippen LogP contribution in [0, 0.1) is 5.41 Å². The summed E-state index contributed by atoms with van der Waals surface area (Å²) in [6, 6.07) is 7.09. The quantitative estimate of drug-likeness (QED) is 0.647. The van der Waals surface area contributed by atoms with Crippen LogP contribution in [0.15, 0.2) is 24.3 Å². The molecule has 1 aromatic rings. The highest BCUT2D eigenvalue weighted by atomic mass is 16.5. The number of anilines is 1. The SMILES string of the molecule is CCC(CC)(CN)C(=O)Nc1ccc(OCCC(=O)NC)cc1. The van der Waals surface area contributed by atoms with Gasteiger partial charge in [0.15, 0.2) is 0 Å². The lowest BCUT2D eigenvalue weighted by Gasteiger charge is -2.28. The van der Waals surface area contributed by atoms with Crippen molar-refractivity contribution in [2.75, 3.05) is 25.5 Å². The largest absolute Gasteiger partial charge is 0.493 e. The molecule has 0 aliphatic rings. The third kappa shape index (κ3) is 5.25. The van der Waals surface area contributed by atoms with Gasteiger partial charge in [0, 0.05) is 19.3 Å². The highest BCUT2D eigenvalue weighted by molar-refractivity contribution is 5.95. The van der Waals surface area contributed by atoms with E-state index in [4.69, 9.17) is 10.5 Å². The summed E-state index contributed by atoms with van der Waals surface area (Å²) in [6.45, 7) is 4.58. The Morgan fingerprint density at radius 2 is 1.78 bits per heavy atom. The summed E-state index contributed by atoms with van der Waals surface area (Å²) in [4.78, 5) is 23.5. The Morgan fingerprint density at radius 1 is 1.17 bits per heavy atom. The fraction of sp³-hybridized carbons (Fsp3) is 0.529. The smallest absolute Gasteiger partial charge is 0.231 e. The molecule has 128 valence electrons. The molecule has 4 N–H and O–H groups in total. The molecule has 0 saturated heterocycles. The van der Waals surface area contributed by atoms with E-state index in [1.165, 1.54) is 0 Å². The number of carbonyl (C=O) groups is 2. The maximum atomic E-state index is 12.4. The Balaban J connectivity index is 2.60. The molecule has 0 spiro atoms. The maximum Gasteiger partial charge on any atom is 0.231 e. The van der Waals surface area contributed by atoms with Gasteiger partial charge < -0.3 is 21.1 Å². The maximum absolute atomic E-state index is 12.4. The Bertz CT molecular complexity index is 502. The summed E-state index contributed by atoms with van der Waals surface area (Å²) in [5.74, 6) is 0.535. The van der Waals surface area contributed by atoms with Gasteiger partial charge in [0.2, 0.25) is 11.8 Å². The number of carbonyl (C=O) groups excluding carboxylic acids is 2. The Kier molecular flexibility index (Phi) is 7.54. The van der Waals surface area contributed by atoms with Gasteiger partial charge in [-0.1, -0.05) is 13.8 Å². The number of benzene rings is 1. The second-order valence-electron chi connectivity index (χ2n) is 5.44. The van der Waals surface area contributed by atoms with E-state index in [-0.39, 0.29) is 11.8 Å². The first-order valence-corrected chi connectivity index (χ1v) is 7.96. The molecule has 0 aromatic heterocycles. The van der Waals surface area contributed by atoms with Gasteiger partial charge in [0.05, 0.1) is 18.4 Å². The molecule has 0 unspecified atom stereocenters. The van der Waals surface area contributed by atoms with Crippen LogP contribution in [0.25, 0.3) is 0 Å². The van der Waals surface area contributed by atoms with E-state index in [1.54, 1.807) is 31.3 Å². The first kappa shape index (κ1) is 19.0. The van der Waals surface area contributed by atoms with Crippen LogP contribution in [0.1, 0.15) is 33.1 Å². The zero-order valence-electron chi connectivity index (χ0n) is 14.1. The van der Waals surface area contributed by atoms with Crippen molar-refractivity contribution in [3.8, 4) is 5.75 Å². The van der Waals surface area contributed by atoms with Gasteiger partial charge in [-0.25, -0.2) is 0 Å². The summed E-state index contributed by atoms with van der Waals surface area (Å²) < 4.78 is 5.48. The molecule has 6 heteroatoms. The molecule has 0 heterocycles. The van der Waals surface area contributed by atoms with Crippen LogP contribution in [0.5, 0.6) is 5.75 Å². The second kappa shape index (κ2) is 9.15. The van der Waals surface area contributed by atoms with Crippen molar-refractivity contribution in [2.24, 2.45) is 11.1 Å². The lowest BCUT2D eigenvalue weighted by Crippen LogP contribution is -2.41. The zero-order chi connectivity index (χ0) is 17.3. The van der Waals surface area contributed by atoms with E-state index in [1.807, 2.05) is 13.8 Å². The number of hydrogen-bond acceptors (Lipinski definition) is 4. The number of nitrogens with two attached hydrogens (primary N) is 1. The van der Waals surface area contributed by atoms with E-state index in [9.17, 15) is 9.59 Å². The van der Waals surface area contributed by atoms with E-state index in [2.05, 4.69) is 10.6 Å². The summed E-state index contributed by atoms with van der Waals surface area (Å²) in [5, 5.41) is 5.44. The normalized spacial score (nSPS) is 11.0. The minimum atomic E-state index is -0.525. The van der Waals surface area contributed by atoms with E-state index < -0.39 is 5.41 Å². The van der Waals surface area contributed by atoms with Crippen LogP contribution in [-0.2, 0) is 9.59 Å². The molecule has 1 rings (SSSR count). The van der Waals surface area contributed by atoms with Gasteiger partial charge in [-0.3, -0.25) is 9.59 Å². The highest BCUT2D eigenvalue weighted by Crippen LogP contribution is 2.27. The van der Waals surface area contributed by atoms with Gasteiger partial charge in [0.25, 0.3) is 0 Å². The average Bonchev–Trinajstić information content (AvgIpc) is 2.58. The van der Waals surface area contributed by atoms with Gasteiger partial charge in [-0.15, -0.1) is 0 Å². The molecule has 0 fully saturated rings. The summed E-state index contributed by atoms with van der Waals surface area (Å²) in [7, 11) is 1.59. The molecule has 0 aliphatic heterocycles. The molecular formula is C17H27N3O3. The lowest BCUT2D eigenvalue weighted by atomic mass is 9.81. The van der Waals surface area contributed by atoms with Crippen LogP contribution in [0.3, 0.4) is 0 Å². The number of rotatable bonds is 9. The lowest BCUT2D eigenvalue weighted by molar-refractivity contribution is -0.125. The van der Waals surface area contributed by atoms with Gasteiger partial charge >= 0.3 is 0 Å². The zero-order valence-corrected chi connectivity index (χ0v) is 14.1. The number of hydrogen-bond donors (Lipinski definition) is 3. The number of amides is 2. The Hall–Kier alpha value is -2.08. The van der Waals surface area contributed by atoms with E-state index in [0.29, 0.717) is 43.9 Å². The highest BCUT2D eigenvalue weighted by Gasteiger charge is 2.33. The minimum Gasteiger partial charge on any atom is -0.493 e. The summed E-state index contributed by atoms with van der Waals surface area (Å²) in [6.07, 6.45) is 1.71. The van der Waals surface area contributed by atoms with Crippen LogP contribution in [-0.4, -0.2) is 32.0 Å². The van der Waals surface area contributed by atoms with Crippen molar-refractivity contribution in [1.29, 1.82) is 0 Å². The average molecular weight is 321 g/mol. The topological polar surface area (TPSA) is 93.5 Å². The third-order valence-electron chi connectivity index (χ3n) is 4.21. The van der Waals surface area contributed by atoms with Crippen LogP contribution in [0.2, 0.25) is 0 Å². The summed E-state index contributed by atoms with van der Waals surface area (Å²) in [5.41, 5.74) is 5.96. The predicted molar refractivity (Wildman–Crippen MR) is 91.3 cm³/mol. The molecule has 0 aliphatic carbocycles. The molecule has 6 nitrogen and oxygen atoms in total. The number of ether oxygens (including phenoxy) is 1. The molecule has 2 amide bonds. The van der Waals surface area contributed by atoms with Gasteiger partial charge in [-0.2, -0.15) is 0 Å². The van der Waals surface area contributed by atoms with Crippen molar-refractivity contribution in [2.45, 2.75) is 33.1 Å². The number of nitrogens with one attached hydrogen (secondary N) is 2. The summed E-state index contributed by atoms with van der Waals surface area (Å²) >= 11 is 0. The fourth-order valence-corrected chi connectivity index (χ4v) is 2.24. The third-order valence-corrected chi connectivity index (χ3v) is 4.21. The van der Waals surface area contributed by atoms with Crippen molar-refractivity contribution in [3.05, 3.63) is 24.3 Å². The molecule has 23 heavy (non-hydrogen) atoms. The standard InChI is InChI=1S/C17H27N3O3/c1-4-17(5-2,12-18)16(22)20-13-6-8-14(9-7-13)23-11-10-15(21)19-3/h6-9H,4-5,10-12,18H2,1-3H3,(H,19,21)(H,20,22). The van der Waals surface area contributed by atoms with Crippen molar-refractivity contribution in [3.63, 3.8) is 0 Å². The molecule has 0 radical (unpaired) electrons. The molecular weight excluding hydrogens is 294 g/mol. The molecule has 0 atom stereocenters. The molecule has 0 bridgehead atoms. The minimum absolute atomic E-state index is 0.0571. The predicted octanol–water partition coefficient (Wildman–Crippen LogP) is 1.91. The molecule has 0 saturated carbocycles. The Labute approximate surface area is 137 Å². The first-order chi connectivity index (χ1) is 11.0. The van der Waals surface area contributed by atoms with Crippen molar-refractivity contribution in [1.82, 2.24) is 5.32 Å². The fourth-order valence-electron chi connectivity index (χ4n) is 2.24. The van der Waals surface area contributed by atoms with Crippen LogP contribution < -0.4 is 21.1 Å². The van der Waals surface area contributed by atoms with E-state index >= 15 is 0 Å². The Morgan fingerprint density at radius 3 is 2.26 bits per heavy atom. The van der Waals surface area contributed by atoms with Crippen molar-refractivity contribution < 1.29 is 14.3 Å². The van der Waals surface area contributed by atoms with Crippen LogP contribution >= 0.6 is 0 Å². The molecule has 1 aromatic carbocycles. The van der Waals surface area contributed by atoms with Gasteiger partial charge in [-0.05, 0) is 37.1 Å². The second-order valence-corrected chi connectivity index (χ2v) is 5.44. The first-order valence-electron chi connectivity index (χ1n) is 7.96. The van der Waals surface area contributed by atoms with Gasteiger partial charge in [0.1, 0.15) is 5.75 Å². The van der Waals surface area contributed by atoms with E-state index in [0.717, 1.165) is 0 Å². The monoisotopic (exact) mass is 321 g/mol.